The van der Waals surface area contributed by atoms with Gasteiger partial charge in [-0.3, -0.25) is 14.8 Å². The summed E-state index contributed by atoms with van der Waals surface area (Å²) in [5.41, 5.74) is 0.741. The van der Waals surface area contributed by atoms with Gasteiger partial charge in [-0.05, 0) is 12.1 Å². The summed E-state index contributed by atoms with van der Waals surface area (Å²) in [6.07, 6.45) is 1.01. The molecule has 1 saturated heterocycles. The van der Waals surface area contributed by atoms with Gasteiger partial charge in [-0.15, -0.1) is 0 Å². The van der Waals surface area contributed by atoms with Gasteiger partial charge in [0.2, 0.25) is 10.0 Å². The Bertz CT molecular complexity index is 857. The van der Waals surface area contributed by atoms with Gasteiger partial charge < -0.3 is 9.73 Å². The van der Waals surface area contributed by atoms with Crippen molar-refractivity contribution < 1.29 is 22.4 Å². The Morgan fingerprint density at radius 1 is 1.33 bits per heavy atom. The number of amides is 3. The van der Waals surface area contributed by atoms with Crippen molar-refractivity contribution in [3.8, 4) is 0 Å². The second-order valence-electron chi connectivity index (χ2n) is 4.50. The van der Waals surface area contributed by atoms with Crippen molar-refractivity contribution in [2.24, 2.45) is 0 Å². The average molecular weight is 310 g/mol. The van der Waals surface area contributed by atoms with Crippen molar-refractivity contribution in [2.75, 3.05) is 11.0 Å². The van der Waals surface area contributed by atoms with Crippen LogP contribution >= 0.6 is 0 Å². The van der Waals surface area contributed by atoms with E-state index in [9.17, 15) is 18.0 Å². The molecule has 0 aliphatic carbocycles. The van der Waals surface area contributed by atoms with Gasteiger partial charge in [-0.1, -0.05) is 0 Å². The van der Waals surface area contributed by atoms with Crippen molar-refractivity contribution in [3.63, 3.8) is 0 Å². The van der Waals surface area contributed by atoms with Crippen molar-refractivity contribution in [1.82, 2.24) is 15.6 Å². The van der Waals surface area contributed by atoms with Crippen molar-refractivity contribution in [3.05, 3.63) is 24.0 Å². The molecule has 3 heterocycles. The molecule has 3 amide bonds. The minimum absolute atomic E-state index is 0.136. The van der Waals surface area contributed by atoms with Crippen LogP contribution in [0.5, 0.6) is 0 Å². The summed E-state index contributed by atoms with van der Waals surface area (Å²) < 4.78 is 30.0. The zero-order valence-electron chi connectivity index (χ0n) is 10.7. The van der Waals surface area contributed by atoms with E-state index in [2.05, 4.69) is 20.3 Å². The summed E-state index contributed by atoms with van der Waals surface area (Å²) in [4.78, 5) is 26.7. The van der Waals surface area contributed by atoms with E-state index in [1.807, 2.05) is 0 Å². The molecule has 1 atom stereocenters. The normalized spacial score (nSPS) is 18.6. The van der Waals surface area contributed by atoms with Gasteiger partial charge in [-0.25, -0.2) is 18.2 Å². The zero-order valence-corrected chi connectivity index (χ0v) is 11.5. The molecule has 0 aromatic carbocycles. The van der Waals surface area contributed by atoms with Crippen LogP contribution in [0.25, 0.3) is 11.1 Å². The lowest BCUT2D eigenvalue weighted by atomic mass is 10.2. The summed E-state index contributed by atoms with van der Waals surface area (Å²) in [7, 11) is -3.43. The number of rotatable bonds is 3. The highest BCUT2D eigenvalue weighted by Crippen LogP contribution is 2.25. The van der Waals surface area contributed by atoms with E-state index in [4.69, 9.17) is 4.42 Å². The number of imide groups is 1. The van der Waals surface area contributed by atoms with Gasteiger partial charge in [0.1, 0.15) is 17.1 Å². The van der Waals surface area contributed by atoms with Gasteiger partial charge >= 0.3 is 6.03 Å². The number of aromatic nitrogens is 1. The lowest BCUT2D eigenvalue weighted by Crippen LogP contribution is -2.22. The Morgan fingerprint density at radius 2 is 2.10 bits per heavy atom. The van der Waals surface area contributed by atoms with Gasteiger partial charge in [0.15, 0.2) is 11.6 Å². The Balaban J connectivity index is 1.97. The van der Waals surface area contributed by atoms with Crippen LogP contribution in [0.2, 0.25) is 0 Å². The highest BCUT2D eigenvalue weighted by atomic mass is 32.2. The highest BCUT2D eigenvalue weighted by Gasteiger charge is 2.33. The van der Waals surface area contributed by atoms with E-state index in [1.54, 1.807) is 0 Å². The largest absolute Gasteiger partial charge is 0.457 e. The van der Waals surface area contributed by atoms with Crippen molar-refractivity contribution in [2.45, 2.75) is 6.04 Å². The number of furan rings is 1. The first kappa shape index (κ1) is 13.4. The molecule has 0 saturated carbocycles. The Kier molecular flexibility index (Phi) is 2.83. The molecule has 0 radical (unpaired) electrons. The molecule has 9 nitrogen and oxygen atoms in total. The molecule has 110 valence electrons. The summed E-state index contributed by atoms with van der Waals surface area (Å²) in [5, 5.41) is 4.49. The molecule has 1 aliphatic rings. The Morgan fingerprint density at radius 3 is 2.71 bits per heavy atom. The maximum absolute atomic E-state index is 11.6. The lowest BCUT2D eigenvalue weighted by molar-refractivity contribution is -0.120. The molecule has 1 aliphatic heterocycles. The Hall–Kier alpha value is -2.62. The van der Waals surface area contributed by atoms with E-state index in [1.165, 1.54) is 18.2 Å². The van der Waals surface area contributed by atoms with Crippen molar-refractivity contribution >= 4 is 38.9 Å². The molecule has 0 spiro atoms. The maximum atomic E-state index is 11.6. The molecule has 1 unspecified atom stereocenters. The first-order chi connectivity index (χ1) is 9.82. The molecule has 21 heavy (non-hydrogen) atoms. The van der Waals surface area contributed by atoms with Crippen LogP contribution in [0.3, 0.4) is 0 Å². The standard InChI is InChI=1S/C11H10N4O5S/c1-21(18,19)15-8-3-2-6-5(12-8)4-7(20-6)9-10(16)14-11(17)13-9/h2-4,9H,1H3,(H,12,15)(H2,13,14,16,17). The third-order valence-corrected chi connectivity index (χ3v) is 3.32. The van der Waals surface area contributed by atoms with Crippen LogP contribution in [0.15, 0.2) is 22.6 Å². The van der Waals surface area contributed by atoms with E-state index in [0.717, 1.165) is 6.26 Å². The first-order valence-electron chi connectivity index (χ1n) is 5.81. The van der Waals surface area contributed by atoms with Crippen LogP contribution in [0, 0.1) is 0 Å². The molecule has 1 fully saturated rings. The first-order valence-corrected chi connectivity index (χ1v) is 7.70. The van der Waals surface area contributed by atoms with Crippen LogP contribution < -0.4 is 15.4 Å². The lowest BCUT2D eigenvalue weighted by Gasteiger charge is -2.01. The Labute approximate surface area is 118 Å². The fraction of sp³-hybridized carbons (Fsp3) is 0.182. The number of pyridine rings is 1. The number of nitrogens with one attached hydrogen (secondary N) is 3. The van der Waals surface area contributed by atoms with Gasteiger partial charge in [0.25, 0.3) is 5.91 Å². The van der Waals surface area contributed by atoms with Crippen LogP contribution in [0.4, 0.5) is 10.6 Å². The minimum Gasteiger partial charge on any atom is -0.457 e. The number of carbonyl (C=O) groups excluding carboxylic acids is 2. The fourth-order valence-electron chi connectivity index (χ4n) is 1.95. The predicted molar refractivity (Wildman–Crippen MR) is 71.9 cm³/mol. The van der Waals surface area contributed by atoms with Gasteiger partial charge in [0.05, 0.1) is 6.26 Å². The second kappa shape index (κ2) is 4.45. The third kappa shape index (κ3) is 2.65. The molecule has 2 aromatic rings. The predicted octanol–water partition coefficient (Wildman–Crippen LogP) is 0.0798. The monoisotopic (exact) mass is 310 g/mol. The summed E-state index contributed by atoms with van der Waals surface area (Å²) in [6, 6.07) is 2.91. The van der Waals surface area contributed by atoms with E-state index in [0.29, 0.717) is 11.1 Å². The maximum Gasteiger partial charge on any atom is 0.322 e. The minimum atomic E-state index is -3.43. The van der Waals surface area contributed by atoms with Crippen molar-refractivity contribution in [1.29, 1.82) is 0 Å². The smallest absolute Gasteiger partial charge is 0.322 e. The number of nitrogens with zero attached hydrogens (tertiary/aromatic N) is 1. The van der Waals surface area contributed by atoms with Crippen LogP contribution in [0.1, 0.15) is 11.8 Å². The number of carbonyl (C=O) groups is 2. The number of sulfonamides is 1. The summed E-state index contributed by atoms with van der Waals surface area (Å²) in [6.45, 7) is 0. The number of hydrogen-bond acceptors (Lipinski definition) is 6. The molecular weight excluding hydrogens is 300 g/mol. The van der Waals surface area contributed by atoms with Gasteiger partial charge in [0, 0.05) is 6.07 Å². The van der Waals surface area contributed by atoms with E-state index < -0.39 is 28.0 Å². The zero-order chi connectivity index (χ0) is 15.2. The highest BCUT2D eigenvalue weighted by molar-refractivity contribution is 7.92. The fourth-order valence-corrected chi connectivity index (χ4v) is 2.44. The molecule has 3 N–H and O–H groups in total. The summed E-state index contributed by atoms with van der Waals surface area (Å²) in [5.74, 6) is -0.164. The topological polar surface area (TPSA) is 130 Å². The quantitative estimate of drug-likeness (QED) is 0.688. The third-order valence-electron chi connectivity index (χ3n) is 2.74. The number of fused-ring (bicyclic) bond motifs is 1. The molecule has 2 aromatic heterocycles. The molecule has 3 rings (SSSR count). The number of anilines is 1. The average Bonchev–Trinajstić information content (AvgIpc) is 2.89. The molecular formula is C11H10N4O5S. The molecule has 10 heteroatoms. The van der Waals surface area contributed by atoms with Gasteiger partial charge in [-0.2, -0.15) is 0 Å². The van der Waals surface area contributed by atoms with E-state index >= 15 is 0 Å². The number of urea groups is 1. The summed E-state index contributed by atoms with van der Waals surface area (Å²) >= 11 is 0. The molecule has 0 bridgehead atoms. The van der Waals surface area contributed by atoms with E-state index in [-0.39, 0.29) is 11.6 Å². The second-order valence-corrected chi connectivity index (χ2v) is 6.25. The SMILES string of the molecule is CS(=O)(=O)Nc1ccc2oc(C3NC(=O)NC3=O)cc2n1. The number of hydrogen-bond donors (Lipinski definition) is 3. The van der Waals surface area contributed by atoms with Crippen LogP contribution in [-0.4, -0.2) is 31.6 Å². The van der Waals surface area contributed by atoms with Crippen LogP contribution in [-0.2, 0) is 14.8 Å².